The molecule has 0 spiro atoms. The number of nitrogens with one attached hydrogen (secondary N) is 1. The molecule has 0 aliphatic carbocycles. The fourth-order valence-electron chi connectivity index (χ4n) is 4.96. The molecule has 4 heteroatoms. The van der Waals surface area contributed by atoms with Gasteiger partial charge in [-0.05, 0) is 75.7 Å². The summed E-state index contributed by atoms with van der Waals surface area (Å²) in [5, 5.41) is -0.249. The highest BCUT2D eigenvalue weighted by Crippen LogP contribution is 2.43. The van der Waals surface area contributed by atoms with Crippen molar-refractivity contribution in [2.24, 2.45) is 0 Å². The van der Waals surface area contributed by atoms with E-state index < -0.39 is 0 Å². The van der Waals surface area contributed by atoms with E-state index in [9.17, 15) is 4.79 Å². The van der Waals surface area contributed by atoms with E-state index in [1.54, 1.807) is 11.8 Å². The van der Waals surface area contributed by atoms with Gasteiger partial charge in [0.1, 0.15) is 5.25 Å². The maximum Gasteiger partial charge on any atom is 0.240 e. The van der Waals surface area contributed by atoms with Crippen LogP contribution in [0, 0.1) is 0 Å². The molecule has 1 atom stereocenters. The molecule has 0 radical (unpaired) electrons. The van der Waals surface area contributed by atoms with Crippen molar-refractivity contribution >= 4 is 35.4 Å². The first-order valence-electron chi connectivity index (χ1n) is 14.6. The zero-order valence-electron chi connectivity index (χ0n) is 24.7. The van der Waals surface area contributed by atoms with Gasteiger partial charge in [-0.1, -0.05) is 87.1 Å². The van der Waals surface area contributed by atoms with Crippen LogP contribution in [0.4, 0.5) is 0 Å². The minimum Gasteiger partial charge on any atom is -0.361 e. The molecule has 0 saturated carbocycles. The van der Waals surface area contributed by atoms with Gasteiger partial charge in [0.25, 0.3) is 0 Å². The molecule has 1 amide bonds. The number of hydrogen-bond donors (Lipinski definition) is 1. The Morgan fingerprint density at radius 2 is 1.77 bits per heavy atom. The molecular weight excluding hydrogens is 496 g/mol. The predicted octanol–water partition coefficient (Wildman–Crippen LogP) is 9.99. The minimum atomic E-state index is -0.249. The summed E-state index contributed by atoms with van der Waals surface area (Å²) in [5.41, 5.74) is 8.42. The molecule has 3 nitrogen and oxygen atoms in total. The van der Waals surface area contributed by atoms with E-state index in [-0.39, 0.29) is 11.2 Å². The van der Waals surface area contributed by atoms with Gasteiger partial charge in [-0.25, -0.2) is 0 Å². The second kappa shape index (κ2) is 15.6. The van der Waals surface area contributed by atoms with Crippen molar-refractivity contribution < 1.29 is 4.79 Å². The first-order valence-corrected chi connectivity index (χ1v) is 15.4. The number of likely N-dealkylation sites (tertiary alicyclic amines) is 1. The van der Waals surface area contributed by atoms with Crippen LogP contribution in [0.3, 0.4) is 0 Å². The first-order chi connectivity index (χ1) is 19.0. The average Bonchev–Trinajstić information content (AvgIpc) is 3.64. The second-order valence-electron chi connectivity index (χ2n) is 10.0. The van der Waals surface area contributed by atoms with Crippen LogP contribution in [0.5, 0.6) is 0 Å². The molecule has 1 aliphatic rings. The molecule has 1 fully saturated rings. The number of aromatic nitrogens is 1. The molecule has 208 valence electrons. The Bertz CT molecular complexity index is 1240. The summed E-state index contributed by atoms with van der Waals surface area (Å²) in [6.45, 7) is 14.7. The Labute approximate surface area is 240 Å². The van der Waals surface area contributed by atoms with Crippen molar-refractivity contribution in [3.05, 3.63) is 99.3 Å². The summed E-state index contributed by atoms with van der Waals surface area (Å²) in [6.07, 6.45) is 20.3. The number of aromatic amines is 1. The average molecular weight is 543 g/mol. The SMILES string of the molecule is C/C=C\c1[nH]cc(C(/C=C(/CC)C(SC(C(=O)N2CCCC2)c2ccccc2)=C(C)CC)=C/C)c1/C=C\CC. The predicted molar refractivity (Wildman–Crippen MR) is 172 cm³/mol. The Balaban J connectivity index is 2.08. The third-order valence-corrected chi connectivity index (χ3v) is 8.88. The summed E-state index contributed by atoms with van der Waals surface area (Å²) in [5.74, 6) is 0.237. The van der Waals surface area contributed by atoms with Crippen LogP contribution in [-0.2, 0) is 4.79 Å². The van der Waals surface area contributed by atoms with Gasteiger partial charge in [0, 0.05) is 41.0 Å². The molecule has 1 unspecified atom stereocenters. The summed E-state index contributed by atoms with van der Waals surface area (Å²) >= 11 is 1.74. The molecule has 1 saturated heterocycles. The maximum atomic E-state index is 13.8. The number of H-pyrrole nitrogens is 1. The molecule has 1 aromatic heterocycles. The molecule has 1 aromatic carbocycles. The number of allylic oxidation sites excluding steroid dienone is 7. The molecule has 3 rings (SSSR count). The van der Waals surface area contributed by atoms with Gasteiger partial charge in [-0.3, -0.25) is 4.79 Å². The van der Waals surface area contributed by atoms with Crippen molar-refractivity contribution in [1.29, 1.82) is 0 Å². The van der Waals surface area contributed by atoms with E-state index in [1.165, 1.54) is 32.8 Å². The van der Waals surface area contributed by atoms with Crippen LogP contribution in [0.2, 0.25) is 0 Å². The molecule has 1 N–H and O–H groups in total. The van der Waals surface area contributed by atoms with Gasteiger partial charge in [0.2, 0.25) is 5.91 Å². The molecular formula is C35H46N2OS. The molecule has 1 aliphatic heterocycles. The first kappa shape index (κ1) is 30.6. The Morgan fingerprint density at radius 3 is 2.36 bits per heavy atom. The molecule has 2 heterocycles. The third-order valence-electron chi connectivity index (χ3n) is 7.33. The lowest BCUT2D eigenvalue weighted by Gasteiger charge is -2.26. The van der Waals surface area contributed by atoms with E-state index >= 15 is 0 Å². The highest BCUT2D eigenvalue weighted by Gasteiger charge is 2.30. The van der Waals surface area contributed by atoms with Crippen molar-refractivity contribution in [2.75, 3.05) is 13.1 Å². The minimum absolute atomic E-state index is 0.237. The number of amides is 1. The number of carbonyl (C=O) groups excluding carboxylic acids is 1. The monoisotopic (exact) mass is 542 g/mol. The highest BCUT2D eigenvalue weighted by atomic mass is 32.2. The number of carbonyl (C=O) groups is 1. The number of thioether (sulfide) groups is 1. The van der Waals surface area contributed by atoms with Gasteiger partial charge in [0.15, 0.2) is 0 Å². The van der Waals surface area contributed by atoms with Crippen molar-refractivity contribution in [3.8, 4) is 0 Å². The Hall–Kier alpha value is -2.98. The Morgan fingerprint density at radius 1 is 1.05 bits per heavy atom. The van der Waals surface area contributed by atoms with Crippen molar-refractivity contribution in [1.82, 2.24) is 9.88 Å². The lowest BCUT2D eigenvalue weighted by atomic mass is 9.97. The lowest BCUT2D eigenvalue weighted by molar-refractivity contribution is -0.129. The largest absolute Gasteiger partial charge is 0.361 e. The summed E-state index contributed by atoms with van der Waals surface area (Å²) < 4.78 is 0. The highest BCUT2D eigenvalue weighted by molar-refractivity contribution is 8.04. The van der Waals surface area contributed by atoms with E-state index in [0.717, 1.165) is 56.5 Å². The Kier molecular flexibility index (Phi) is 12.2. The zero-order chi connectivity index (χ0) is 28.2. The lowest BCUT2D eigenvalue weighted by Crippen LogP contribution is -2.31. The van der Waals surface area contributed by atoms with Crippen LogP contribution in [-0.4, -0.2) is 28.9 Å². The summed E-state index contributed by atoms with van der Waals surface area (Å²) in [7, 11) is 0. The van der Waals surface area contributed by atoms with Crippen LogP contribution in [0.15, 0.2) is 76.9 Å². The molecule has 0 bridgehead atoms. The standard InChI is InChI=1S/C35H46N2OS/c1-7-12-21-30-31(25-36-32(30)18-8-2)27(10-4)24-28(11-5)33(26(6)9-3)39-34(29-19-14-13-15-20-29)35(38)37-22-16-17-23-37/h8,10,12-15,18-21,24-25,34,36H,7,9,11,16-17,22-23H2,1-6H3/b18-8-,21-12-,27-10+,28-24-,33-26?. The third kappa shape index (κ3) is 7.79. The quantitative estimate of drug-likeness (QED) is 0.271. The van der Waals surface area contributed by atoms with Crippen LogP contribution >= 0.6 is 11.8 Å². The fraction of sp³-hybridized carbons (Fsp3) is 0.400. The van der Waals surface area contributed by atoms with Gasteiger partial charge in [0.05, 0.1) is 0 Å². The van der Waals surface area contributed by atoms with E-state index in [1.807, 2.05) is 25.1 Å². The second-order valence-corrected chi connectivity index (χ2v) is 11.1. The van der Waals surface area contributed by atoms with Gasteiger partial charge < -0.3 is 9.88 Å². The van der Waals surface area contributed by atoms with Gasteiger partial charge in [-0.15, -0.1) is 11.8 Å². The summed E-state index contributed by atoms with van der Waals surface area (Å²) in [4.78, 5) is 20.6. The molecule has 39 heavy (non-hydrogen) atoms. The smallest absolute Gasteiger partial charge is 0.240 e. The number of benzene rings is 1. The van der Waals surface area contributed by atoms with Gasteiger partial charge >= 0.3 is 0 Å². The number of hydrogen-bond acceptors (Lipinski definition) is 2. The summed E-state index contributed by atoms with van der Waals surface area (Å²) in [6, 6.07) is 10.3. The van der Waals surface area contributed by atoms with E-state index in [2.05, 4.69) is 99.3 Å². The van der Waals surface area contributed by atoms with Crippen LogP contribution in [0.1, 0.15) is 101 Å². The normalized spacial score (nSPS) is 16.4. The van der Waals surface area contributed by atoms with Crippen molar-refractivity contribution in [3.63, 3.8) is 0 Å². The number of nitrogens with zero attached hydrogens (tertiary/aromatic N) is 1. The topological polar surface area (TPSA) is 36.1 Å². The zero-order valence-corrected chi connectivity index (χ0v) is 25.5. The van der Waals surface area contributed by atoms with E-state index in [0.29, 0.717) is 0 Å². The number of rotatable bonds is 12. The van der Waals surface area contributed by atoms with Gasteiger partial charge in [-0.2, -0.15) is 0 Å². The maximum absolute atomic E-state index is 13.8. The van der Waals surface area contributed by atoms with E-state index in [4.69, 9.17) is 0 Å². The van der Waals surface area contributed by atoms with Crippen LogP contribution in [0.25, 0.3) is 17.7 Å². The fourth-order valence-corrected chi connectivity index (χ4v) is 6.44. The van der Waals surface area contributed by atoms with Crippen LogP contribution < -0.4 is 0 Å². The van der Waals surface area contributed by atoms with Crippen molar-refractivity contribution in [2.45, 2.75) is 78.9 Å². The molecule has 2 aromatic rings.